The Hall–Kier alpha value is -5.59. The van der Waals surface area contributed by atoms with E-state index in [4.69, 9.17) is 28.4 Å². The Bertz CT molecular complexity index is 2420. The van der Waals surface area contributed by atoms with E-state index in [9.17, 15) is 9.59 Å². The summed E-state index contributed by atoms with van der Waals surface area (Å²) in [4.78, 5) is 39.1. The van der Waals surface area contributed by atoms with Gasteiger partial charge in [0.2, 0.25) is 5.75 Å². The minimum atomic E-state index is -0.946. The number of pyridine rings is 1. The molecule has 6 aromatic rings. The Labute approximate surface area is 294 Å². The number of nitrogens with zero attached hydrogens (tertiary/aromatic N) is 3. The predicted molar refractivity (Wildman–Crippen MR) is 192 cm³/mol. The summed E-state index contributed by atoms with van der Waals surface area (Å²) in [5, 5.41) is 1.68. The molecule has 1 atom stereocenters. The number of aromatic nitrogens is 2. The van der Waals surface area contributed by atoms with Crippen LogP contribution in [0, 0.1) is 0 Å². The minimum absolute atomic E-state index is 0.129. The van der Waals surface area contributed by atoms with Gasteiger partial charge in [0.15, 0.2) is 21.4 Å². The third-order valence-electron chi connectivity index (χ3n) is 8.06. The minimum Gasteiger partial charge on any atom is -0.493 e. The Morgan fingerprint density at radius 3 is 2.44 bits per heavy atom. The number of para-hydroxylation sites is 1. The molecule has 0 fully saturated rings. The fourth-order valence-electron chi connectivity index (χ4n) is 5.88. The zero-order valence-corrected chi connectivity index (χ0v) is 29.2. The molecule has 3 aromatic carbocycles. The molecule has 0 unspecified atom stereocenters. The first kappa shape index (κ1) is 32.9. The van der Waals surface area contributed by atoms with Gasteiger partial charge >= 0.3 is 5.97 Å². The van der Waals surface area contributed by atoms with Crippen molar-refractivity contribution in [3.8, 4) is 17.2 Å². The molecule has 7 rings (SSSR count). The molecule has 12 heteroatoms. The van der Waals surface area contributed by atoms with Crippen molar-refractivity contribution in [3.63, 3.8) is 0 Å². The molecule has 0 spiro atoms. The lowest BCUT2D eigenvalue weighted by molar-refractivity contribution is -0.138. The summed E-state index contributed by atoms with van der Waals surface area (Å²) >= 11 is 2.66. The van der Waals surface area contributed by atoms with Crippen LogP contribution in [0.1, 0.15) is 29.9 Å². The molecule has 3 aromatic heterocycles. The smallest absolute Gasteiger partial charge is 0.338 e. The third-order valence-corrected chi connectivity index (χ3v) is 10.0. The van der Waals surface area contributed by atoms with Gasteiger partial charge in [0.1, 0.15) is 5.76 Å². The highest BCUT2D eigenvalue weighted by Gasteiger charge is 2.36. The van der Waals surface area contributed by atoms with E-state index < -0.39 is 12.0 Å². The van der Waals surface area contributed by atoms with Gasteiger partial charge < -0.3 is 23.4 Å². The molecule has 10 nitrogen and oxygen atoms in total. The number of furan rings is 1. The van der Waals surface area contributed by atoms with Crippen LogP contribution in [0.25, 0.3) is 22.7 Å². The number of benzene rings is 3. The highest BCUT2D eigenvalue weighted by Crippen LogP contribution is 2.43. The summed E-state index contributed by atoms with van der Waals surface area (Å²) in [6.45, 7) is 1.86. The van der Waals surface area contributed by atoms with E-state index in [0.717, 1.165) is 15.8 Å². The fourth-order valence-corrected chi connectivity index (χ4v) is 7.76. The molecule has 1 aliphatic rings. The summed E-state index contributed by atoms with van der Waals surface area (Å²) in [7, 11) is 4.53. The van der Waals surface area contributed by atoms with Gasteiger partial charge in [-0.25, -0.2) is 9.79 Å². The molecular weight excluding hydrogens is 675 g/mol. The number of hydrogen-bond acceptors (Lipinski definition) is 11. The molecule has 0 saturated heterocycles. The van der Waals surface area contributed by atoms with Crippen LogP contribution in [0.4, 0.5) is 0 Å². The van der Waals surface area contributed by atoms with Gasteiger partial charge in [-0.2, -0.15) is 0 Å². The molecule has 0 aliphatic carbocycles. The number of thiazole rings is 1. The average Bonchev–Trinajstić information content (AvgIpc) is 3.73. The quantitative estimate of drug-likeness (QED) is 0.153. The maximum atomic E-state index is 14.4. The summed E-state index contributed by atoms with van der Waals surface area (Å²) in [6, 6.07) is 25.5. The van der Waals surface area contributed by atoms with E-state index >= 15 is 0 Å². The molecule has 0 saturated carbocycles. The van der Waals surface area contributed by atoms with Crippen LogP contribution in [0.5, 0.6) is 17.2 Å². The molecular formula is C38H31N3O7S2. The normalized spacial score (nSPS) is 14.3. The van der Waals surface area contributed by atoms with Gasteiger partial charge in [-0.1, -0.05) is 59.9 Å². The van der Waals surface area contributed by atoms with E-state index in [1.165, 1.54) is 49.0 Å². The standard InChI is InChI=1S/C38H31N3O7S2/c1-5-47-37(43)31-33(23-11-7-6-8-12-23)40-38-41(34(31)24-19-26(44-2)35(46-4)27(20-24)45-3)36(42)29(50-38)21-25-16-17-30(48-25)49-28-15-9-13-22-14-10-18-39-32(22)28/h6-21,34H,5H2,1-4H3/b29-21-/t34-/m0/s1. The molecule has 4 heterocycles. The first-order valence-corrected chi connectivity index (χ1v) is 17.3. The van der Waals surface area contributed by atoms with Gasteiger partial charge in [0, 0.05) is 28.1 Å². The van der Waals surface area contributed by atoms with Crippen molar-refractivity contribution in [3.05, 3.63) is 133 Å². The molecule has 0 amide bonds. The number of hydrogen-bond donors (Lipinski definition) is 0. The average molecular weight is 706 g/mol. The van der Waals surface area contributed by atoms with E-state index in [-0.39, 0.29) is 17.7 Å². The maximum absolute atomic E-state index is 14.4. The lowest BCUT2D eigenvalue weighted by atomic mass is 9.92. The number of rotatable bonds is 10. The highest BCUT2D eigenvalue weighted by atomic mass is 32.2. The van der Waals surface area contributed by atoms with Crippen molar-refractivity contribution in [2.45, 2.75) is 23.0 Å². The Morgan fingerprint density at radius 2 is 1.72 bits per heavy atom. The van der Waals surface area contributed by atoms with Crippen molar-refractivity contribution >= 4 is 51.7 Å². The second-order valence-electron chi connectivity index (χ2n) is 11.0. The molecule has 252 valence electrons. The van der Waals surface area contributed by atoms with Gasteiger partial charge in [0.05, 0.1) is 55.3 Å². The second kappa shape index (κ2) is 14.1. The number of fused-ring (bicyclic) bond motifs is 2. The van der Waals surface area contributed by atoms with E-state index in [0.29, 0.717) is 54.3 Å². The van der Waals surface area contributed by atoms with Crippen LogP contribution >= 0.6 is 23.1 Å². The zero-order valence-electron chi connectivity index (χ0n) is 27.5. The molecule has 1 aliphatic heterocycles. The first-order chi connectivity index (χ1) is 24.4. The number of carbonyl (C=O) groups is 1. The first-order valence-electron chi connectivity index (χ1n) is 15.6. The number of carbonyl (C=O) groups excluding carboxylic acids is 1. The monoisotopic (exact) mass is 705 g/mol. The van der Waals surface area contributed by atoms with Crippen molar-refractivity contribution in [1.82, 2.24) is 9.55 Å². The van der Waals surface area contributed by atoms with Gasteiger partial charge in [-0.3, -0.25) is 14.3 Å². The van der Waals surface area contributed by atoms with Crippen molar-refractivity contribution in [2.75, 3.05) is 27.9 Å². The summed E-state index contributed by atoms with van der Waals surface area (Å²) in [5.74, 6) is 1.00. The van der Waals surface area contributed by atoms with Crippen LogP contribution in [-0.2, 0) is 9.53 Å². The van der Waals surface area contributed by atoms with Gasteiger partial charge in [-0.05, 0) is 60.6 Å². The van der Waals surface area contributed by atoms with Crippen LogP contribution in [0.15, 0.2) is 121 Å². The number of ether oxygens (including phenoxy) is 4. The van der Waals surface area contributed by atoms with Crippen LogP contribution in [-0.4, -0.2) is 43.5 Å². The summed E-state index contributed by atoms with van der Waals surface area (Å²) < 4.78 is 30.6. The molecule has 0 N–H and O–H groups in total. The lowest BCUT2D eigenvalue weighted by Crippen LogP contribution is -2.40. The van der Waals surface area contributed by atoms with Crippen LogP contribution < -0.4 is 29.1 Å². The Balaban J connectivity index is 1.40. The Morgan fingerprint density at radius 1 is 0.960 bits per heavy atom. The third kappa shape index (κ3) is 6.08. The van der Waals surface area contributed by atoms with Crippen molar-refractivity contribution < 1.29 is 28.2 Å². The van der Waals surface area contributed by atoms with Crippen LogP contribution in [0.2, 0.25) is 0 Å². The van der Waals surface area contributed by atoms with Gasteiger partial charge in [-0.15, -0.1) is 0 Å². The van der Waals surface area contributed by atoms with Gasteiger partial charge in [0.25, 0.3) is 5.56 Å². The predicted octanol–water partition coefficient (Wildman–Crippen LogP) is 6.25. The fraction of sp³-hybridized carbons (Fsp3) is 0.158. The number of esters is 1. The molecule has 0 bridgehead atoms. The van der Waals surface area contributed by atoms with E-state index in [1.807, 2.05) is 72.8 Å². The summed E-state index contributed by atoms with van der Waals surface area (Å²) in [6.07, 6.45) is 3.46. The molecule has 0 radical (unpaired) electrons. The topological polar surface area (TPSA) is 114 Å². The van der Waals surface area contributed by atoms with Crippen LogP contribution in [0.3, 0.4) is 0 Å². The largest absolute Gasteiger partial charge is 0.493 e. The summed E-state index contributed by atoms with van der Waals surface area (Å²) in [5.41, 5.74) is 2.36. The second-order valence-corrected chi connectivity index (χ2v) is 13.0. The SMILES string of the molecule is CCOC(=O)C1=C(c2ccccc2)N=c2s/c(=C\c3ccc(Sc4cccc5cccnc45)o3)c(=O)n2[C@H]1c1cc(OC)c(OC)c(OC)c1. The van der Waals surface area contributed by atoms with Crippen molar-refractivity contribution in [2.24, 2.45) is 4.99 Å². The maximum Gasteiger partial charge on any atom is 0.338 e. The molecule has 50 heavy (non-hydrogen) atoms. The zero-order chi connectivity index (χ0) is 34.8. The van der Waals surface area contributed by atoms with E-state index in [2.05, 4.69) is 4.98 Å². The highest BCUT2D eigenvalue weighted by molar-refractivity contribution is 7.99. The van der Waals surface area contributed by atoms with E-state index in [1.54, 1.807) is 31.3 Å². The Kier molecular flexibility index (Phi) is 9.29. The lowest BCUT2D eigenvalue weighted by Gasteiger charge is -2.27. The number of methoxy groups -OCH3 is 3. The van der Waals surface area contributed by atoms with Crippen molar-refractivity contribution in [1.29, 1.82) is 0 Å².